The lowest BCUT2D eigenvalue weighted by Gasteiger charge is -2.24. The molecule has 5 aromatic carbocycles. The molecule has 3 heterocycles. The number of benzene rings is 5. The zero-order valence-corrected chi connectivity index (χ0v) is 29.8. The second kappa shape index (κ2) is 12.1. The first-order valence-electron chi connectivity index (χ1n) is 17.6. The lowest BCUT2D eigenvalue weighted by Crippen LogP contribution is -2.15. The summed E-state index contributed by atoms with van der Waals surface area (Å²) in [5.74, 6) is 2.26. The van der Waals surface area contributed by atoms with Crippen LogP contribution in [0.5, 0.6) is 0 Å². The fraction of sp³-hybridized carbons (Fsp3) is 0.222. The Morgan fingerprint density at radius 1 is 0.620 bits per heavy atom. The summed E-state index contributed by atoms with van der Waals surface area (Å²) in [4.78, 5) is 14.7. The molecule has 5 heteroatoms. The molecule has 3 aromatic heterocycles. The Balaban J connectivity index is 1.36. The van der Waals surface area contributed by atoms with Gasteiger partial charge in [0.05, 0.1) is 22.3 Å². The molecule has 0 unspecified atom stereocenters. The fourth-order valence-electron chi connectivity index (χ4n) is 7.07. The SMILES string of the molecule is CC(C)c1cc(-c2ccccc2)cc(C(C)C)c1-n1c(-c2cccc3c2oc2cc(-c4cnc(C(C)(C)C)nc4)ccc23)nc2ccccc21. The fourth-order valence-corrected chi connectivity index (χ4v) is 7.07. The van der Waals surface area contributed by atoms with Gasteiger partial charge in [-0.2, -0.15) is 0 Å². The molecular weight excluding hydrogens is 613 g/mol. The quantitative estimate of drug-likeness (QED) is 0.179. The van der Waals surface area contributed by atoms with Crippen molar-refractivity contribution < 1.29 is 4.42 Å². The van der Waals surface area contributed by atoms with E-state index in [4.69, 9.17) is 9.40 Å². The van der Waals surface area contributed by atoms with E-state index in [-0.39, 0.29) is 17.3 Å². The van der Waals surface area contributed by atoms with E-state index in [0.717, 1.165) is 61.3 Å². The van der Waals surface area contributed by atoms with Gasteiger partial charge < -0.3 is 4.42 Å². The molecule has 0 radical (unpaired) electrons. The molecule has 248 valence electrons. The molecule has 0 saturated heterocycles. The first-order valence-corrected chi connectivity index (χ1v) is 17.6. The van der Waals surface area contributed by atoms with Crippen molar-refractivity contribution in [2.75, 3.05) is 0 Å². The minimum atomic E-state index is -0.107. The maximum atomic E-state index is 6.80. The van der Waals surface area contributed by atoms with Crippen LogP contribution in [0, 0.1) is 0 Å². The summed E-state index contributed by atoms with van der Waals surface area (Å²) in [7, 11) is 0. The van der Waals surface area contributed by atoms with Crippen LogP contribution in [0.15, 0.2) is 120 Å². The van der Waals surface area contributed by atoms with Crippen LogP contribution in [-0.4, -0.2) is 19.5 Å². The first kappa shape index (κ1) is 31.7. The Morgan fingerprint density at radius 3 is 1.98 bits per heavy atom. The number of para-hydroxylation sites is 3. The second-order valence-electron chi connectivity index (χ2n) is 15.0. The molecule has 5 nitrogen and oxygen atoms in total. The molecule has 0 aliphatic heterocycles. The number of rotatable bonds is 6. The maximum Gasteiger partial charge on any atom is 0.149 e. The van der Waals surface area contributed by atoms with E-state index >= 15 is 0 Å². The van der Waals surface area contributed by atoms with Crippen LogP contribution in [0.2, 0.25) is 0 Å². The van der Waals surface area contributed by atoms with Gasteiger partial charge in [-0.15, -0.1) is 0 Å². The molecule has 0 atom stereocenters. The standard InChI is InChI=1S/C45H42N4O/c1-27(2)36-22-31(29-14-9-8-10-15-29)23-37(28(3)4)41(36)49-39-19-12-11-18-38(39)48-43(49)35-17-13-16-34-33-21-20-30(24-40(33)50-42(34)35)32-25-46-44(47-26-32)45(5,6)7/h8-28H,1-7H3. The minimum absolute atomic E-state index is 0.107. The highest BCUT2D eigenvalue weighted by atomic mass is 16.3. The summed E-state index contributed by atoms with van der Waals surface area (Å²) in [5, 5.41) is 2.13. The van der Waals surface area contributed by atoms with Gasteiger partial charge in [-0.1, -0.05) is 109 Å². The van der Waals surface area contributed by atoms with E-state index in [9.17, 15) is 0 Å². The Bertz CT molecular complexity index is 2480. The Kier molecular flexibility index (Phi) is 7.67. The monoisotopic (exact) mass is 654 g/mol. The van der Waals surface area contributed by atoms with Crippen molar-refractivity contribution in [1.29, 1.82) is 0 Å². The van der Waals surface area contributed by atoms with Crippen molar-refractivity contribution >= 4 is 33.0 Å². The van der Waals surface area contributed by atoms with Crippen molar-refractivity contribution in [2.45, 2.75) is 65.7 Å². The lowest BCUT2D eigenvalue weighted by atomic mass is 9.88. The average molecular weight is 655 g/mol. The minimum Gasteiger partial charge on any atom is -0.455 e. The second-order valence-corrected chi connectivity index (χ2v) is 15.0. The van der Waals surface area contributed by atoms with Gasteiger partial charge in [0, 0.05) is 34.1 Å². The molecule has 0 saturated carbocycles. The van der Waals surface area contributed by atoms with Gasteiger partial charge in [-0.25, -0.2) is 15.0 Å². The van der Waals surface area contributed by atoms with Crippen LogP contribution in [0.4, 0.5) is 0 Å². The predicted molar refractivity (Wildman–Crippen MR) is 207 cm³/mol. The topological polar surface area (TPSA) is 56.7 Å². The van der Waals surface area contributed by atoms with Gasteiger partial charge in [0.1, 0.15) is 22.8 Å². The normalized spacial score (nSPS) is 12.3. The number of hydrogen-bond donors (Lipinski definition) is 0. The van der Waals surface area contributed by atoms with Crippen molar-refractivity contribution in [1.82, 2.24) is 19.5 Å². The van der Waals surface area contributed by atoms with Crippen LogP contribution in [0.1, 0.15) is 77.3 Å². The van der Waals surface area contributed by atoms with Gasteiger partial charge in [-0.05, 0) is 82.1 Å². The van der Waals surface area contributed by atoms with Crippen LogP contribution in [0.3, 0.4) is 0 Å². The van der Waals surface area contributed by atoms with E-state index in [1.165, 1.54) is 27.9 Å². The van der Waals surface area contributed by atoms with Crippen LogP contribution < -0.4 is 0 Å². The summed E-state index contributed by atoms with van der Waals surface area (Å²) in [6.45, 7) is 15.5. The molecule has 8 aromatic rings. The maximum absolute atomic E-state index is 6.80. The molecular formula is C45H42N4O. The number of aromatic nitrogens is 4. The van der Waals surface area contributed by atoms with Crippen LogP contribution in [-0.2, 0) is 5.41 Å². The van der Waals surface area contributed by atoms with Gasteiger partial charge >= 0.3 is 0 Å². The van der Waals surface area contributed by atoms with Gasteiger partial charge in [-0.3, -0.25) is 4.57 Å². The Morgan fingerprint density at radius 2 is 1.30 bits per heavy atom. The van der Waals surface area contributed by atoms with Crippen molar-refractivity contribution in [3.63, 3.8) is 0 Å². The summed E-state index contributed by atoms with van der Waals surface area (Å²) >= 11 is 0. The summed E-state index contributed by atoms with van der Waals surface area (Å²) < 4.78 is 9.19. The van der Waals surface area contributed by atoms with E-state index < -0.39 is 0 Å². The van der Waals surface area contributed by atoms with E-state index in [0.29, 0.717) is 0 Å². The zero-order chi connectivity index (χ0) is 34.7. The third-order valence-electron chi connectivity index (χ3n) is 9.70. The third-order valence-corrected chi connectivity index (χ3v) is 9.70. The predicted octanol–water partition coefficient (Wildman–Crippen LogP) is 12.3. The molecule has 0 bridgehead atoms. The molecule has 0 aliphatic rings. The van der Waals surface area contributed by atoms with Crippen molar-refractivity contribution in [3.8, 4) is 39.3 Å². The van der Waals surface area contributed by atoms with Crippen molar-refractivity contribution in [3.05, 3.63) is 132 Å². The number of hydrogen-bond acceptors (Lipinski definition) is 4. The van der Waals surface area contributed by atoms with Crippen LogP contribution in [0.25, 0.3) is 72.3 Å². The summed E-state index contributed by atoms with van der Waals surface area (Å²) in [5.41, 5.74) is 12.8. The molecule has 0 N–H and O–H groups in total. The number of furan rings is 1. The highest BCUT2D eigenvalue weighted by Crippen LogP contribution is 2.43. The average Bonchev–Trinajstić information content (AvgIpc) is 3.69. The highest BCUT2D eigenvalue weighted by Gasteiger charge is 2.25. The van der Waals surface area contributed by atoms with Crippen molar-refractivity contribution in [2.24, 2.45) is 0 Å². The summed E-state index contributed by atoms with van der Waals surface area (Å²) in [6.07, 6.45) is 3.82. The molecule has 8 rings (SSSR count). The third kappa shape index (κ3) is 5.38. The summed E-state index contributed by atoms with van der Waals surface area (Å²) in [6, 6.07) is 36.7. The molecule has 0 fully saturated rings. The molecule has 0 spiro atoms. The smallest absolute Gasteiger partial charge is 0.149 e. The molecule has 0 amide bonds. The van der Waals surface area contributed by atoms with E-state index in [2.05, 4.69) is 166 Å². The van der Waals surface area contributed by atoms with Gasteiger partial charge in [0.15, 0.2) is 0 Å². The highest BCUT2D eigenvalue weighted by molar-refractivity contribution is 6.10. The zero-order valence-electron chi connectivity index (χ0n) is 29.8. The van der Waals surface area contributed by atoms with Crippen LogP contribution >= 0.6 is 0 Å². The number of nitrogens with zero attached hydrogens (tertiary/aromatic N) is 4. The first-order chi connectivity index (χ1) is 24.1. The van der Waals surface area contributed by atoms with Gasteiger partial charge in [0.2, 0.25) is 0 Å². The Labute approximate surface area is 293 Å². The number of fused-ring (bicyclic) bond motifs is 4. The molecule has 50 heavy (non-hydrogen) atoms. The Hall–Kier alpha value is -5.55. The lowest BCUT2D eigenvalue weighted by molar-refractivity contribution is 0.545. The van der Waals surface area contributed by atoms with E-state index in [1.807, 2.05) is 12.4 Å². The largest absolute Gasteiger partial charge is 0.455 e. The van der Waals surface area contributed by atoms with Gasteiger partial charge in [0.25, 0.3) is 0 Å². The van der Waals surface area contributed by atoms with E-state index in [1.54, 1.807) is 0 Å². The number of imidazole rings is 1. The molecule has 0 aliphatic carbocycles.